The fourth-order valence-electron chi connectivity index (χ4n) is 1.48. The average Bonchev–Trinajstić information content (AvgIpc) is 2.33. The molecule has 1 aromatic rings. The Morgan fingerprint density at radius 3 is 2.71 bits per heavy atom. The summed E-state index contributed by atoms with van der Waals surface area (Å²) in [5.74, 6) is 0.481. The average molecular weight is 237 g/mol. The molecule has 0 spiro atoms. The van der Waals surface area contributed by atoms with Gasteiger partial charge < -0.3 is 15.2 Å². The Hall–Kier alpha value is -1.71. The Bertz CT molecular complexity index is 361. The Morgan fingerprint density at radius 1 is 1.41 bits per heavy atom. The molecule has 94 valence electrons. The first kappa shape index (κ1) is 13.4. The fourth-order valence-corrected chi connectivity index (χ4v) is 1.48. The molecule has 0 saturated heterocycles. The molecular weight excluding hydrogens is 218 g/mol. The minimum Gasteiger partial charge on any atom is -0.508 e. The molecule has 2 N–H and O–H groups in total. The van der Waals surface area contributed by atoms with E-state index in [-0.39, 0.29) is 24.3 Å². The van der Waals surface area contributed by atoms with Crippen molar-refractivity contribution in [2.45, 2.75) is 32.7 Å². The number of amides is 1. The fraction of sp³-hybridized carbons (Fsp3) is 0.462. The summed E-state index contributed by atoms with van der Waals surface area (Å²) in [6.07, 6.45) is 1.82. The zero-order valence-electron chi connectivity index (χ0n) is 10.3. The largest absolute Gasteiger partial charge is 0.508 e. The van der Waals surface area contributed by atoms with Crippen LogP contribution in [0.1, 0.15) is 26.7 Å². The number of hydrogen-bond acceptors (Lipinski definition) is 3. The second-order valence-electron chi connectivity index (χ2n) is 3.87. The van der Waals surface area contributed by atoms with E-state index in [1.54, 1.807) is 18.2 Å². The second kappa shape index (κ2) is 6.78. The summed E-state index contributed by atoms with van der Waals surface area (Å²) in [6, 6.07) is 6.60. The molecule has 0 unspecified atom stereocenters. The number of phenols is 1. The SMILES string of the molecule is CCC(CC)NC(=O)COc1cccc(O)c1. The molecule has 0 bridgehead atoms. The van der Waals surface area contributed by atoms with Crippen molar-refractivity contribution in [3.05, 3.63) is 24.3 Å². The summed E-state index contributed by atoms with van der Waals surface area (Å²) in [6.45, 7) is 4.04. The van der Waals surface area contributed by atoms with E-state index >= 15 is 0 Å². The summed E-state index contributed by atoms with van der Waals surface area (Å²) in [4.78, 5) is 11.5. The number of nitrogens with one attached hydrogen (secondary N) is 1. The number of benzene rings is 1. The van der Waals surface area contributed by atoms with Gasteiger partial charge in [-0.3, -0.25) is 4.79 Å². The standard InChI is InChI=1S/C13H19NO3/c1-3-10(4-2)14-13(16)9-17-12-7-5-6-11(15)8-12/h5-8,10,15H,3-4,9H2,1-2H3,(H,14,16). The van der Waals surface area contributed by atoms with Gasteiger partial charge in [-0.15, -0.1) is 0 Å². The van der Waals surface area contributed by atoms with Crippen molar-refractivity contribution in [1.82, 2.24) is 5.32 Å². The molecular formula is C13H19NO3. The monoisotopic (exact) mass is 237 g/mol. The smallest absolute Gasteiger partial charge is 0.258 e. The molecule has 0 aliphatic rings. The molecule has 1 aromatic carbocycles. The number of phenolic OH excluding ortho intramolecular Hbond substituents is 1. The van der Waals surface area contributed by atoms with Crippen molar-refractivity contribution in [3.8, 4) is 11.5 Å². The van der Waals surface area contributed by atoms with Gasteiger partial charge in [0.15, 0.2) is 6.61 Å². The van der Waals surface area contributed by atoms with Crippen molar-refractivity contribution < 1.29 is 14.6 Å². The molecule has 0 aliphatic carbocycles. The third-order valence-corrected chi connectivity index (χ3v) is 2.54. The highest BCUT2D eigenvalue weighted by atomic mass is 16.5. The lowest BCUT2D eigenvalue weighted by Crippen LogP contribution is -2.37. The highest BCUT2D eigenvalue weighted by Gasteiger charge is 2.08. The van der Waals surface area contributed by atoms with Gasteiger partial charge in [0, 0.05) is 12.1 Å². The predicted octanol–water partition coefficient (Wildman–Crippen LogP) is 2.08. The summed E-state index contributed by atoms with van der Waals surface area (Å²) in [5, 5.41) is 12.1. The Morgan fingerprint density at radius 2 is 2.12 bits per heavy atom. The molecule has 0 aromatic heterocycles. The molecule has 0 heterocycles. The molecule has 4 heteroatoms. The molecule has 0 radical (unpaired) electrons. The molecule has 17 heavy (non-hydrogen) atoms. The van der Waals surface area contributed by atoms with Crippen LogP contribution in [0, 0.1) is 0 Å². The van der Waals surface area contributed by atoms with Crippen LogP contribution in [0.15, 0.2) is 24.3 Å². The maximum atomic E-state index is 11.5. The van der Waals surface area contributed by atoms with Crippen molar-refractivity contribution in [2.75, 3.05) is 6.61 Å². The van der Waals surface area contributed by atoms with Crippen molar-refractivity contribution in [3.63, 3.8) is 0 Å². The van der Waals surface area contributed by atoms with Gasteiger partial charge in [-0.2, -0.15) is 0 Å². The van der Waals surface area contributed by atoms with Crippen molar-refractivity contribution in [2.24, 2.45) is 0 Å². The van der Waals surface area contributed by atoms with Crippen LogP contribution in [-0.4, -0.2) is 23.7 Å². The predicted molar refractivity (Wildman–Crippen MR) is 66.1 cm³/mol. The van der Waals surface area contributed by atoms with Crippen LogP contribution < -0.4 is 10.1 Å². The number of ether oxygens (including phenoxy) is 1. The zero-order valence-corrected chi connectivity index (χ0v) is 10.3. The van der Waals surface area contributed by atoms with Crippen LogP contribution in [0.5, 0.6) is 11.5 Å². The van der Waals surface area contributed by atoms with Gasteiger partial charge in [0.25, 0.3) is 5.91 Å². The first-order valence-corrected chi connectivity index (χ1v) is 5.86. The summed E-state index contributed by atoms with van der Waals surface area (Å²) in [5.41, 5.74) is 0. The summed E-state index contributed by atoms with van der Waals surface area (Å²) >= 11 is 0. The maximum Gasteiger partial charge on any atom is 0.258 e. The third kappa shape index (κ3) is 4.76. The molecule has 1 rings (SSSR count). The number of aromatic hydroxyl groups is 1. The van der Waals surface area contributed by atoms with Gasteiger partial charge in [0.05, 0.1) is 0 Å². The van der Waals surface area contributed by atoms with Gasteiger partial charge in [0.2, 0.25) is 0 Å². The van der Waals surface area contributed by atoms with Crippen LogP contribution in [-0.2, 0) is 4.79 Å². The van der Waals surface area contributed by atoms with Crippen LogP contribution in [0.3, 0.4) is 0 Å². The quantitative estimate of drug-likeness (QED) is 0.796. The van der Waals surface area contributed by atoms with E-state index in [1.165, 1.54) is 6.07 Å². The van der Waals surface area contributed by atoms with Gasteiger partial charge in [-0.25, -0.2) is 0 Å². The lowest BCUT2D eigenvalue weighted by molar-refractivity contribution is -0.123. The first-order chi connectivity index (χ1) is 8.15. The Labute approximate surface area is 102 Å². The van der Waals surface area contributed by atoms with E-state index < -0.39 is 0 Å². The molecule has 1 amide bonds. The minimum absolute atomic E-state index is 0.0278. The van der Waals surface area contributed by atoms with E-state index in [9.17, 15) is 9.90 Å². The summed E-state index contributed by atoms with van der Waals surface area (Å²) < 4.78 is 5.27. The number of hydrogen-bond donors (Lipinski definition) is 2. The van der Waals surface area contributed by atoms with Crippen molar-refractivity contribution >= 4 is 5.91 Å². The van der Waals surface area contributed by atoms with Gasteiger partial charge in [0.1, 0.15) is 11.5 Å². The zero-order chi connectivity index (χ0) is 12.7. The number of rotatable bonds is 6. The van der Waals surface area contributed by atoms with Gasteiger partial charge in [-0.05, 0) is 25.0 Å². The summed E-state index contributed by atoms with van der Waals surface area (Å²) in [7, 11) is 0. The highest BCUT2D eigenvalue weighted by molar-refractivity contribution is 5.77. The van der Waals surface area contributed by atoms with E-state index in [1.807, 2.05) is 13.8 Å². The normalized spacial score (nSPS) is 10.3. The topological polar surface area (TPSA) is 58.6 Å². The van der Waals surface area contributed by atoms with Gasteiger partial charge in [-0.1, -0.05) is 19.9 Å². The molecule has 0 fully saturated rings. The molecule has 0 aliphatic heterocycles. The minimum atomic E-state index is -0.137. The van der Waals surface area contributed by atoms with Crippen LogP contribution >= 0.6 is 0 Å². The molecule has 4 nitrogen and oxygen atoms in total. The lowest BCUT2D eigenvalue weighted by atomic mass is 10.2. The van der Waals surface area contributed by atoms with Gasteiger partial charge >= 0.3 is 0 Å². The third-order valence-electron chi connectivity index (χ3n) is 2.54. The van der Waals surface area contributed by atoms with E-state index in [0.29, 0.717) is 5.75 Å². The highest BCUT2D eigenvalue weighted by Crippen LogP contribution is 2.17. The van der Waals surface area contributed by atoms with Crippen LogP contribution in [0.4, 0.5) is 0 Å². The molecule has 0 atom stereocenters. The second-order valence-corrected chi connectivity index (χ2v) is 3.87. The molecule has 0 saturated carbocycles. The lowest BCUT2D eigenvalue weighted by Gasteiger charge is -2.14. The van der Waals surface area contributed by atoms with Crippen LogP contribution in [0.25, 0.3) is 0 Å². The van der Waals surface area contributed by atoms with Crippen molar-refractivity contribution in [1.29, 1.82) is 0 Å². The number of carbonyl (C=O) groups excluding carboxylic acids is 1. The Balaban J connectivity index is 2.38. The Kier molecular flexibility index (Phi) is 5.33. The first-order valence-electron chi connectivity index (χ1n) is 5.86. The van der Waals surface area contributed by atoms with E-state index in [0.717, 1.165) is 12.8 Å². The van der Waals surface area contributed by atoms with E-state index in [2.05, 4.69) is 5.32 Å². The number of carbonyl (C=O) groups is 1. The van der Waals surface area contributed by atoms with E-state index in [4.69, 9.17) is 4.74 Å². The van der Waals surface area contributed by atoms with Crippen LogP contribution in [0.2, 0.25) is 0 Å². The maximum absolute atomic E-state index is 11.5.